The van der Waals surface area contributed by atoms with Crippen LogP contribution >= 0.6 is 11.7 Å². The van der Waals surface area contributed by atoms with E-state index in [1.165, 1.54) is 0 Å². The first-order valence-electron chi connectivity index (χ1n) is 6.33. The van der Waals surface area contributed by atoms with Crippen LogP contribution in [-0.2, 0) is 16.6 Å². The average Bonchev–Trinajstić information content (AvgIpc) is 2.97. The molecule has 0 saturated heterocycles. The summed E-state index contributed by atoms with van der Waals surface area (Å²) in [5, 5.41) is 0. The van der Waals surface area contributed by atoms with E-state index in [4.69, 9.17) is 0 Å². The number of benzene rings is 2. The Morgan fingerprint density at radius 2 is 1.76 bits per heavy atom. The molecule has 1 N–H and O–H groups in total. The Labute approximate surface area is 127 Å². The largest absolute Gasteiger partial charge is 0.243 e. The first-order chi connectivity index (χ1) is 10.1. The molecule has 0 unspecified atom stereocenters. The summed E-state index contributed by atoms with van der Waals surface area (Å²) in [7, 11) is -3.62. The quantitative estimate of drug-likeness (QED) is 0.802. The van der Waals surface area contributed by atoms with Gasteiger partial charge in [-0.1, -0.05) is 36.4 Å². The van der Waals surface area contributed by atoms with Crippen LogP contribution in [0, 0.1) is 6.92 Å². The minimum Gasteiger partial charge on any atom is -0.207 e. The molecule has 2 aromatic carbocycles. The lowest BCUT2D eigenvalue weighted by Gasteiger charge is -2.08. The molecule has 0 aliphatic rings. The van der Waals surface area contributed by atoms with Gasteiger partial charge < -0.3 is 0 Å². The van der Waals surface area contributed by atoms with Gasteiger partial charge in [0, 0.05) is 6.54 Å². The molecule has 5 nitrogen and oxygen atoms in total. The van der Waals surface area contributed by atoms with Gasteiger partial charge in [-0.05, 0) is 24.1 Å². The second kappa shape index (κ2) is 5.51. The number of aryl methyl sites for hydroxylation is 1. The van der Waals surface area contributed by atoms with Crippen LogP contribution in [0.25, 0.3) is 11.0 Å². The summed E-state index contributed by atoms with van der Waals surface area (Å²) in [6, 6.07) is 12.7. The SMILES string of the molecule is Cc1ccc(S(=O)(=O)NCc2ccccc2)c2nsnc12. The van der Waals surface area contributed by atoms with E-state index in [-0.39, 0.29) is 11.4 Å². The Kier molecular flexibility index (Phi) is 3.71. The van der Waals surface area contributed by atoms with E-state index in [0.717, 1.165) is 22.9 Å². The van der Waals surface area contributed by atoms with E-state index < -0.39 is 10.0 Å². The molecule has 3 rings (SSSR count). The van der Waals surface area contributed by atoms with Crippen molar-refractivity contribution in [3.8, 4) is 0 Å². The van der Waals surface area contributed by atoms with Gasteiger partial charge in [0.25, 0.3) is 0 Å². The normalized spacial score (nSPS) is 11.9. The second-order valence-electron chi connectivity index (χ2n) is 4.65. The third-order valence-corrected chi connectivity index (χ3v) is 5.14. The monoisotopic (exact) mass is 319 g/mol. The van der Waals surface area contributed by atoms with Gasteiger partial charge in [0.15, 0.2) is 0 Å². The minimum atomic E-state index is -3.62. The zero-order chi connectivity index (χ0) is 14.9. The summed E-state index contributed by atoms with van der Waals surface area (Å²) < 4.78 is 35.8. The third-order valence-electron chi connectivity index (χ3n) is 3.18. The van der Waals surface area contributed by atoms with Crippen LogP contribution in [0.2, 0.25) is 0 Å². The van der Waals surface area contributed by atoms with Gasteiger partial charge in [-0.3, -0.25) is 0 Å². The van der Waals surface area contributed by atoms with Gasteiger partial charge in [0.1, 0.15) is 15.9 Å². The van der Waals surface area contributed by atoms with Gasteiger partial charge in [-0.2, -0.15) is 8.75 Å². The molecule has 0 fully saturated rings. The predicted molar refractivity (Wildman–Crippen MR) is 82.6 cm³/mol. The number of nitrogens with zero attached hydrogens (tertiary/aromatic N) is 2. The molecule has 1 heterocycles. The minimum absolute atomic E-state index is 0.174. The lowest BCUT2D eigenvalue weighted by atomic mass is 10.2. The number of fused-ring (bicyclic) bond motifs is 1. The van der Waals surface area contributed by atoms with Gasteiger partial charge in [-0.25, -0.2) is 13.1 Å². The molecule has 7 heteroatoms. The van der Waals surface area contributed by atoms with E-state index in [2.05, 4.69) is 13.5 Å². The fourth-order valence-corrected chi connectivity index (χ4v) is 3.87. The summed E-state index contributed by atoms with van der Waals surface area (Å²) in [5.74, 6) is 0. The number of hydrogen-bond acceptors (Lipinski definition) is 5. The highest BCUT2D eigenvalue weighted by atomic mass is 32.2. The van der Waals surface area contributed by atoms with Crippen molar-refractivity contribution in [1.82, 2.24) is 13.5 Å². The first-order valence-corrected chi connectivity index (χ1v) is 8.55. The van der Waals surface area contributed by atoms with Crippen molar-refractivity contribution < 1.29 is 8.42 Å². The molecule has 21 heavy (non-hydrogen) atoms. The van der Waals surface area contributed by atoms with E-state index in [0.29, 0.717) is 11.0 Å². The van der Waals surface area contributed by atoms with E-state index in [1.807, 2.05) is 37.3 Å². The van der Waals surface area contributed by atoms with Gasteiger partial charge in [0.05, 0.1) is 11.7 Å². The molecule has 0 atom stereocenters. The average molecular weight is 319 g/mol. The number of rotatable bonds is 4. The molecule has 0 spiro atoms. The lowest BCUT2D eigenvalue weighted by molar-refractivity contribution is 0.582. The standard InChI is InChI=1S/C14H13N3O2S2/c1-10-7-8-12(14-13(10)16-20-17-14)21(18,19)15-9-11-5-3-2-4-6-11/h2-8,15H,9H2,1H3. The fourth-order valence-electron chi connectivity index (χ4n) is 2.04. The molecule has 0 aliphatic heterocycles. The molecule has 0 amide bonds. The highest BCUT2D eigenvalue weighted by molar-refractivity contribution is 7.89. The molecule has 108 valence electrons. The van der Waals surface area contributed by atoms with Crippen molar-refractivity contribution in [3.05, 3.63) is 53.6 Å². The van der Waals surface area contributed by atoms with Crippen molar-refractivity contribution in [1.29, 1.82) is 0 Å². The highest BCUT2D eigenvalue weighted by Gasteiger charge is 2.20. The van der Waals surface area contributed by atoms with E-state index >= 15 is 0 Å². The molecule has 3 aromatic rings. The number of sulfonamides is 1. The van der Waals surface area contributed by atoms with E-state index in [1.54, 1.807) is 12.1 Å². The smallest absolute Gasteiger partial charge is 0.207 e. The van der Waals surface area contributed by atoms with Crippen LogP contribution in [0.3, 0.4) is 0 Å². The highest BCUT2D eigenvalue weighted by Crippen LogP contribution is 2.24. The Balaban J connectivity index is 1.94. The van der Waals surface area contributed by atoms with Gasteiger partial charge in [0.2, 0.25) is 10.0 Å². The predicted octanol–water partition coefficient (Wildman–Crippen LogP) is 2.48. The van der Waals surface area contributed by atoms with E-state index in [9.17, 15) is 8.42 Å². The van der Waals surface area contributed by atoms with Crippen LogP contribution < -0.4 is 4.72 Å². The third kappa shape index (κ3) is 2.80. The Morgan fingerprint density at radius 1 is 1.05 bits per heavy atom. The number of aromatic nitrogens is 2. The van der Waals surface area contributed by atoms with Crippen molar-refractivity contribution in [2.24, 2.45) is 0 Å². The number of nitrogens with one attached hydrogen (secondary N) is 1. The summed E-state index contributed by atoms with van der Waals surface area (Å²) in [6.07, 6.45) is 0. The number of hydrogen-bond donors (Lipinski definition) is 1. The topological polar surface area (TPSA) is 72.0 Å². The van der Waals surface area contributed by atoms with Crippen molar-refractivity contribution in [2.45, 2.75) is 18.4 Å². The van der Waals surface area contributed by atoms with Crippen LogP contribution in [0.4, 0.5) is 0 Å². The first kappa shape index (κ1) is 14.1. The zero-order valence-corrected chi connectivity index (χ0v) is 12.9. The maximum atomic E-state index is 12.5. The molecule has 0 bridgehead atoms. The Morgan fingerprint density at radius 3 is 2.52 bits per heavy atom. The molecular formula is C14H13N3O2S2. The molecular weight excluding hydrogens is 306 g/mol. The van der Waals surface area contributed by atoms with Crippen LogP contribution in [-0.4, -0.2) is 17.2 Å². The summed E-state index contributed by atoms with van der Waals surface area (Å²) in [4.78, 5) is 0.174. The molecule has 0 aliphatic carbocycles. The summed E-state index contributed by atoms with van der Waals surface area (Å²) in [5.41, 5.74) is 2.89. The van der Waals surface area contributed by atoms with Crippen molar-refractivity contribution in [3.63, 3.8) is 0 Å². The fraction of sp³-hybridized carbons (Fsp3) is 0.143. The van der Waals surface area contributed by atoms with Gasteiger partial charge in [-0.15, -0.1) is 0 Å². The van der Waals surface area contributed by atoms with Crippen molar-refractivity contribution >= 4 is 32.8 Å². The summed E-state index contributed by atoms with van der Waals surface area (Å²) >= 11 is 1.02. The summed E-state index contributed by atoms with van der Waals surface area (Å²) in [6.45, 7) is 2.13. The lowest BCUT2D eigenvalue weighted by Crippen LogP contribution is -2.23. The Hall–Kier alpha value is -1.83. The maximum Gasteiger partial charge on any atom is 0.243 e. The maximum absolute atomic E-state index is 12.5. The van der Waals surface area contributed by atoms with Gasteiger partial charge >= 0.3 is 0 Å². The molecule has 0 radical (unpaired) electrons. The Bertz CT molecular complexity index is 874. The van der Waals surface area contributed by atoms with Crippen LogP contribution in [0.15, 0.2) is 47.4 Å². The van der Waals surface area contributed by atoms with Crippen LogP contribution in [0.5, 0.6) is 0 Å². The molecule has 1 aromatic heterocycles. The van der Waals surface area contributed by atoms with Crippen LogP contribution in [0.1, 0.15) is 11.1 Å². The zero-order valence-electron chi connectivity index (χ0n) is 11.3. The molecule has 0 saturated carbocycles. The second-order valence-corrected chi connectivity index (χ2v) is 6.92. The van der Waals surface area contributed by atoms with Crippen molar-refractivity contribution in [2.75, 3.05) is 0 Å².